The lowest BCUT2D eigenvalue weighted by atomic mass is 9.98. The molecule has 0 amide bonds. The zero-order valence-electron chi connectivity index (χ0n) is 22.2. The third-order valence-corrected chi connectivity index (χ3v) is 7.93. The number of nitriles is 1. The van der Waals surface area contributed by atoms with Crippen molar-refractivity contribution in [2.24, 2.45) is 0 Å². The third-order valence-electron chi connectivity index (χ3n) is 7.93. The maximum Gasteiger partial charge on any atom is 0.211 e. The van der Waals surface area contributed by atoms with Gasteiger partial charge in [-0.15, -0.1) is 0 Å². The molecule has 0 N–H and O–H groups in total. The van der Waals surface area contributed by atoms with Crippen molar-refractivity contribution in [2.75, 3.05) is 0 Å². The van der Waals surface area contributed by atoms with Gasteiger partial charge in [-0.2, -0.15) is 5.26 Å². The Balaban J connectivity index is 1.37. The number of para-hydroxylation sites is 2. The van der Waals surface area contributed by atoms with Crippen molar-refractivity contribution in [1.29, 1.82) is 5.26 Å². The van der Waals surface area contributed by atoms with Crippen LogP contribution in [-0.2, 0) is 0 Å². The number of hydrogen-bond acceptors (Lipinski definition) is 3. The summed E-state index contributed by atoms with van der Waals surface area (Å²) in [5.41, 5.74) is 8.60. The lowest BCUT2D eigenvalue weighted by molar-refractivity contribution is 0.673. The quantitative estimate of drug-likeness (QED) is 0.211. The van der Waals surface area contributed by atoms with E-state index < -0.39 is 0 Å². The molecule has 0 aliphatic carbocycles. The lowest BCUT2D eigenvalue weighted by Gasteiger charge is -2.13. The van der Waals surface area contributed by atoms with Gasteiger partial charge in [-0.3, -0.25) is 0 Å². The Morgan fingerprint density at radius 1 is 0.714 bits per heavy atom. The molecule has 3 aromatic heterocycles. The van der Waals surface area contributed by atoms with E-state index in [0.717, 1.165) is 66.1 Å². The van der Waals surface area contributed by atoms with Crippen molar-refractivity contribution in [2.45, 2.75) is 0 Å². The maximum atomic E-state index is 9.86. The van der Waals surface area contributed by atoms with E-state index in [1.54, 1.807) is 6.20 Å². The van der Waals surface area contributed by atoms with Gasteiger partial charge in [-0.1, -0.05) is 72.8 Å². The SMILES string of the molecule is [C-]#[N+]c1cc(-c2cc(-c3ccccc3)cnc2C#N)ccc1-n1c2ccccc2c2c3oc4ccccc4c3ccc21. The van der Waals surface area contributed by atoms with E-state index in [1.165, 1.54) is 0 Å². The molecule has 194 valence electrons. The number of benzene rings is 5. The average molecular weight is 537 g/mol. The lowest BCUT2D eigenvalue weighted by Crippen LogP contribution is -1.96. The monoisotopic (exact) mass is 536 g/mol. The van der Waals surface area contributed by atoms with Gasteiger partial charge in [-0.05, 0) is 53.6 Å². The molecule has 0 unspecified atom stereocenters. The Kier molecular flexibility index (Phi) is 5.19. The normalized spacial score (nSPS) is 11.3. The molecule has 5 nitrogen and oxygen atoms in total. The Hall–Kier alpha value is -6.17. The van der Waals surface area contributed by atoms with Crippen molar-refractivity contribution in [3.63, 3.8) is 0 Å². The molecule has 0 saturated carbocycles. The van der Waals surface area contributed by atoms with Gasteiger partial charge in [-0.25, -0.2) is 9.83 Å². The summed E-state index contributed by atoms with van der Waals surface area (Å²) in [7, 11) is 0. The second-order valence-corrected chi connectivity index (χ2v) is 10.2. The molecule has 0 aliphatic heterocycles. The summed E-state index contributed by atoms with van der Waals surface area (Å²) in [6, 6.07) is 40.5. The van der Waals surface area contributed by atoms with Gasteiger partial charge < -0.3 is 8.98 Å². The zero-order chi connectivity index (χ0) is 28.2. The Bertz CT molecular complexity index is 2440. The number of aromatic nitrogens is 2. The number of hydrogen-bond donors (Lipinski definition) is 0. The molecule has 5 heteroatoms. The highest BCUT2D eigenvalue weighted by atomic mass is 16.3. The van der Waals surface area contributed by atoms with E-state index in [9.17, 15) is 5.26 Å². The summed E-state index contributed by atoms with van der Waals surface area (Å²) in [4.78, 5) is 8.41. The minimum Gasteiger partial charge on any atom is -0.455 e. The summed E-state index contributed by atoms with van der Waals surface area (Å²) in [5.74, 6) is 0. The number of pyridine rings is 1. The van der Waals surface area contributed by atoms with E-state index in [4.69, 9.17) is 11.0 Å². The smallest absolute Gasteiger partial charge is 0.211 e. The fourth-order valence-electron chi connectivity index (χ4n) is 6.03. The Morgan fingerprint density at radius 3 is 2.33 bits per heavy atom. The fraction of sp³-hybridized carbons (Fsp3) is 0. The minimum atomic E-state index is 0.322. The molecule has 3 heterocycles. The third kappa shape index (κ3) is 3.45. The average Bonchev–Trinajstić information content (AvgIpc) is 3.60. The number of furan rings is 1. The molecule has 0 fully saturated rings. The van der Waals surface area contributed by atoms with E-state index >= 15 is 0 Å². The molecule has 0 bridgehead atoms. The minimum absolute atomic E-state index is 0.322. The first-order valence-corrected chi connectivity index (χ1v) is 13.6. The van der Waals surface area contributed by atoms with Crippen LogP contribution >= 0.6 is 0 Å². The summed E-state index contributed by atoms with van der Waals surface area (Å²) < 4.78 is 8.56. The van der Waals surface area contributed by atoms with Crippen molar-refractivity contribution >= 4 is 49.4 Å². The van der Waals surface area contributed by atoms with Gasteiger partial charge in [0, 0.05) is 33.5 Å². The predicted molar refractivity (Wildman–Crippen MR) is 168 cm³/mol. The van der Waals surface area contributed by atoms with Crippen LogP contribution in [0.3, 0.4) is 0 Å². The van der Waals surface area contributed by atoms with E-state index in [1.807, 2.05) is 84.9 Å². The van der Waals surface area contributed by atoms with Gasteiger partial charge >= 0.3 is 0 Å². The van der Waals surface area contributed by atoms with Crippen LogP contribution in [0.15, 0.2) is 126 Å². The van der Waals surface area contributed by atoms with Crippen LogP contribution in [0.1, 0.15) is 5.69 Å². The first-order chi connectivity index (χ1) is 20.7. The molecule has 8 rings (SSSR count). The zero-order valence-corrected chi connectivity index (χ0v) is 22.2. The van der Waals surface area contributed by atoms with Crippen LogP contribution in [-0.4, -0.2) is 9.55 Å². The molecule has 0 radical (unpaired) electrons. The Morgan fingerprint density at radius 2 is 1.50 bits per heavy atom. The molecule has 0 aliphatic rings. The van der Waals surface area contributed by atoms with Crippen LogP contribution in [0.2, 0.25) is 0 Å². The highest BCUT2D eigenvalue weighted by Gasteiger charge is 2.20. The van der Waals surface area contributed by atoms with E-state index in [0.29, 0.717) is 16.9 Å². The highest BCUT2D eigenvalue weighted by molar-refractivity contribution is 6.24. The van der Waals surface area contributed by atoms with Crippen LogP contribution in [0.25, 0.3) is 76.5 Å². The van der Waals surface area contributed by atoms with Crippen LogP contribution < -0.4 is 0 Å². The first kappa shape index (κ1) is 23.7. The van der Waals surface area contributed by atoms with Gasteiger partial charge in [0.25, 0.3) is 0 Å². The summed E-state index contributed by atoms with van der Waals surface area (Å²) in [5, 5.41) is 14.1. The predicted octanol–water partition coefficient (Wildman–Crippen LogP) is 9.83. The Labute approximate surface area is 240 Å². The molecule has 0 atom stereocenters. The molecule has 0 spiro atoms. The van der Waals surface area contributed by atoms with Gasteiger partial charge in [0.2, 0.25) is 5.69 Å². The standard InChI is InChI=1S/C37H20N4O/c1-39-30-20-24(29-19-25(22-40-31(29)21-38)23-9-3-2-4-10-23)15-17-33(30)41-32-13-7-5-12-28(32)36-34(41)18-16-27-26-11-6-8-14-35(26)42-37(27)36/h2-20,22H. The topological polar surface area (TPSA) is 59.1 Å². The van der Waals surface area contributed by atoms with Crippen molar-refractivity contribution in [3.05, 3.63) is 139 Å². The molecule has 8 aromatic rings. The van der Waals surface area contributed by atoms with E-state index in [-0.39, 0.29) is 0 Å². The summed E-state index contributed by atoms with van der Waals surface area (Å²) >= 11 is 0. The molecule has 5 aromatic carbocycles. The van der Waals surface area contributed by atoms with Crippen molar-refractivity contribution < 1.29 is 4.42 Å². The number of nitrogens with zero attached hydrogens (tertiary/aromatic N) is 4. The number of rotatable bonds is 3. The van der Waals surface area contributed by atoms with Crippen molar-refractivity contribution in [1.82, 2.24) is 9.55 Å². The fourth-order valence-corrected chi connectivity index (χ4v) is 6.03. The van der Waals surface area contributed by atoms with Gasteiger partial charge in [0.1, 0.15) is 22.9 Å². The van der Waals surface area contributed by atoms with Gasteiger partial charge in [0.05, 0.1) is 28.7 Å². The van der Waals surface area contributed by atoms with Gasteiger partial charge in [0.15, 0.2) is 0 Å². The summed E-state index contributed by atoms with van der Waals surface area (Å²) in [6.07, 6.45) is 1.72. The molecule has 42 heavy (non-hydrogen) atoms. The first-order valence-electron chi connectivity index (χ1n) is 13.6. The van der Waals surface area contributed by atoms with E-state index in [2.05, 4.69) is 50.8 Å². The largest absolute Gasteiger partial charge is 0.455 e. The highest BCUT2D eigenvalue weighted by Crippen LogP contribution is 2.42. The van der Waals surface area contributed by atoms with Crippen LogP contribution in [0.5, 0.6) is 0 Å². The molecular weight excluding hydrogens is 516 g/mol. The molecular formula is C37H20N4O. The second kappa shape index (κ2) is 9.20. The van der Waals surface area contributed by atoms with Crippen molar-refractivity contribution in [3.8, 4) is 34.0 Å². The summed E-state index contributed by atoms with van der Waals surface area (Å²) in [6.45, 7) is 8.15. The number of fused-ring (bicyclic) bond motifs is 7. The van der Waals surface area contributed by atoms with Crippen LogP contribution in [0, 0.1) is 17.9 Å². The maximum absolute atomic E-state index is 9.86. The second-order valence-electron chi connectivity index (χ2n) is 10.2. The van der Waals surface area contributed by atoms with Crippen LogP contribution in [0.4, 0.5) is 5.69 Å². The molecule has 0 saturated heterocycles.